The fraction of sp³-hybridized carbons (Fsp3) is 1.00. The van der Waals surface area contributed by atoms with E-state index in [1.54, 1.807) is 0 Å². The summed E-state index contributed by atoms with van der Waals surface area (Å²) in [5, 5.41) is 0. The van der Waals surface area contributed by atoms with E-state index in [1.807, 2.05) is 0 Å². The molecule has 14 heavy (non-hydrogen) atoms. The third-order valence-electron chi connectivity index (χ3n) is 2.69. The van der Waals surface area contributed by atoms with Gasteiger partial charge in [0.15, 0.2) is 0 Å². The first-order valence-electron chi connectivity index (χ1n) is 6.21. The third kappa shape index (κ3) is 8.52. The van der Waals surface area contributed by atoms with Crippen LogP contribution >= 0.6 is 0 Å². The van der Waals surface area contributed by atoms with Crippen LogP contribution in [0.2, 0.25) is 0 Å². The highest BCUT2D eigenvalue weighted by Crippen LogP contribution is 2.09. The molecule has 2 nitrogen and oxygen atoms in total. The Kier molecular flexibility index (Phi) is 9.42. The van der Waals surface area contributed by atoms with Gasteiger partial charge in [0.2, 0.25) is 0 Å². The van der Waals surface area contributed by atoms with E-state index in [2.05, 4.69) is 13.8 Å². The molecule has 0 spiro atoms. The molecule has 0 bridgehead atoms. The molecule has 4 N–H and O–H groups in total. The van der Waals surface area contributed by atoms with Crippen molar-refractivity contribution in [3.8, 4) is 0 Å². The lowest BCUT2D eigenvalue weighted by atomic mass is 9.99. The van der Waals surface area contributed by atoms with Crippen molar-refractivity contribution in [2.45, 2.75) is 77.3 Å². The topological polar surface area (TPSA) is 52.0 Å². The lowest BCUT2D eigenvalue weighted by molar-refractivity contribution is 0.456. The van der Waals surface area contributed by atoms with Crippen molar-refractivity contribution in [2.24, 2.45) is 11.5 Å². The second-order valence-corrected chi connectivity index (χ2v) is 4.39. The third-order valence-corrected chi connectivity index (χ3v) is 2.69. The van der Waals surface area contributed by atoms with Crippen molar-refractivity contribution in [3.05, 3.63) is 0 Å². The number of hydrogen-bond acceptors (Lipinski definition) is 2. The average molecular weight is 200 g/mol. The molecule has 0 amide bonds. The van der Waals surface area contributed by atoms with E-state index in [0.29, 0.717) is 12.1 Å². The molecular formula is C12H28N2. The SMILES string of the molecule is CCCCCCC(N)CC(N)CCC. The molecular weight excluding hydrogens is 172 g/mol. The lowest BCUT2D eigenvalue weighted by Gasteiger charge is -2.16. The van der Waals surface area contributed by atoms with Crippen LogP contribution in [0.1, 0.15) is 65.2 Å². The van der Waals surface area contributed by atoms with Gasteiger partial charge in [-0.15, -0.1) is 0 Å². The molecule has 0 heterocycles. The van der Waals surface area contributed by atoms with Crippen molar-refractivity contribution in [3.63, 3.8) is 0 Å². The van der Waals surface area contributed by atoms with Crippen LogP contribution in [-0.4, -0.2) is 12.1 Å². The zero-order chi connectivity index (χ0) is 10.8. The molecule has 0 rings (SSSR count). The van der Waals surface area contributed by atoms with Gasteiger partial charge in [0.25, 0.3) is 0 Å². The van der Waals surface area contributed by atoms with Crippen molar-refractivity contribution < 1.29 is 0 Å². The fourth-order valence-corrected chi connectivity index (χ4v) is 1.83. The Labute approximate surface area is 89.4 Å². The van der Waals surface area contributed by atoms with Crippen LogP contribution < -0.4 is 11.5 Å². The lowest BCUT2D eigenvalue weighted by Crippen LogP contribution is -2.31. The Hall–Kier alpha value is -0.0800. The molecule has 0 radical (unpaired) electrons. The number of unbranched alkanes of at least 4 members (excludes halogenated alkanes) is 3. The maximum absolute atomic E-state index is 6.01. The summed E-state index contributed by atoms with van der Waals surface area (Å²) in [6.07, 6.45) is 9.67. The van der Waals surface area contributed by atoms with Crippen molar-refractivity contribution in [1.29, 1.82) is 0 Å². The second kappa shape index (κ2) is 9.47. The molecule has 0 aromatic rings. The Morgan fingerprint density at radius 2 is 1.43 bits per heavy atom. The predicted molar refractivity (Wildman–Crippen MR) is 64.2 cm³/mol. The van der Waals surface area contributed by atoms with E-state index in [0.717, 1.165) is 19.3 Å². The fourth-order valence-electron chi connectivity index (χ4n) is 1.83. The minimum absolute atomic E-state index is 0.321. The van der Waals surface area contributed by atoms with E-state index in [-0.39, 0.29) is 0 Å². The first-order valence-corrected chi connectivity index (χ1v) is 6.21. The normalized spacial score (nSPS) is 15.4. The smallest absolute Gasteiger partial charge is 0.00535 e. The van der Waals surface area contributed by atoms with E-state index >= 15 is 0 Å². The summed E-state index contributed by atoms with van der Waals surface area (Å²) in [7, 11) is 0. The summed E-state index contributed by atoms with van der Waals surface area (Å²) in [5.74, 6) is 0. The second-order valence-electron chi connectivity index (χ2n) is 4.39. The molecule has 86 valence electrons. The van der Waals surface area contributed by atoms with Crippen molar-refractivity contribution >= 4 is 0 Å². The molecule has 2 heteroatoms. The maximum atomic E-state index is 6.01. The van der Waals surface area contributed by atoms with E-state index < -0.39 is 0 Å². The van der Waals surface area contributed by atoms with Gasteiger partial charge >= 0.3 is 0 Å². The molecule has 2 atom stereocenters. The Bertz CT molecular complexity index is 115. The number of rotatable bonds is 9. The Morgan fingerprint density at radius 1 is 0.786 bits per heavy atom. The van der Waals surface area contributed by atoms with Crippen LogP contribution in [0.15, 0.2) is 0 Å². The summed E-state index contributed by atoms with van der Waals surface area (Å²) in [6.45, 7) is 4.41. The molecule has 0 aliphatic carbocycles. The maximum Gasteiger partial charge on any atom is 0.00535 e. The molecule has 0 aliphatic rings. The highest BCUT2D eigenvalue weighted by Gasteiger charge is 2.07. The molecule has 0 aromatic heterocycles. The molecule has 0 aliphatic heterocycles. The van der Waals surface area contributed by atoms with Crippen LogP contribution in [0.4, 0.5) is 0 Å². The standard InChI is InChI=1S/C12H28N2/c1-3-5-6-7-9-12(14)10-11(13)8-4-2/h11-12H,3-10,13-14H2,1-2H3. The Balaban J connectivity index is 3.30. The molecule has 0 saturated carbocycles. The molecule has 2 unspecified atom stereocenters. The zero-order valence-corrected chi connectivity index (χ0v) is 9.97. The van der Waals surface area contributed by atoms with Gasteiger partial charge in [-0.25, -0.2) is 0 Å². The summed E-state index contributed by atoms with van der Waals surface area (Å²) in [4.78, 5) is 0. The highest BCUT2D eigenvalue weighted by atomic mass is 14.7. The monoisotopic (exact) mass is 200 g/mol. The van der Waals surface area contributed by atoms with Gasteiger partial charge < -0.3 is 11.5 Å². The number of nitrogens with two attached hydrogens (primary N) is 2. The van der Waals surface area contributed by atoms with Gasteiger partial charge in [-0.3, -0.25) is 0 Å². The summed E-state index contributed by atoms with van der Waals surface area (Å²) in [5.41, 5.74) is 11.9. The highest BCUT2D eigenvalue weighted by molar-refractivity contribution is 4.70. The van der Waals surface area contributed by atoms with Gasteiger partial charge in [-0.1, -0.05) is 46.0 Å². The average Bonchev–Trinajstić information content (AvgIpc) is 2.13. The van der Waals surface area contributed by atoms with Gasteiger partial charge in [0, 0.05) is 12.1 Å². The molecule has 0 aromatic carbocycles. The largest absolute Gasteiger partial charge is 0.328 e. The quantitative estimate of drug-likeness (QED) is 0.562. The zero-order valence-electron chi connectivity index (χ0n) is 9.97. The minimum atomic E-state index is 0.321. The van der Waals surface area contributed by atoms with Gasteiger partial charge in [-0.05, 0) is 19.3 Å². The predicted octanol–water partition coefficient (Wildman–Crippen LogP) is 2.80. The van der Waals surface area contributed by atoms with E-state index in [9.17, 15) is 0 Å². The number of hydrogen-bond donors (Lipinski definition) is 2. The van der Waals surface area contributed by atoms with Crippen LogP contribution in [0.5, 0.6) is 0 Å². The summed E-state index contributed by atoms with van der Waals surface area (Å²) < 4.78 is 0. The molecule has 0 saturated heterocycles. The van der Waals surface area contributed by atoms with E-state index in [1.165, 1.54) is 32.1 Å². The first-order chi connectivity index (χ1) is 6.70. The van der Waals surface area contributed by atoms with Crippen molar-refractivity contribution in [2.75, 3.05) is 0 Å². The van der Waals surface area contributed by atoms with E-state index in [4.69, 9.17) is 11.5 Å². The van der Waals surface area contributed by atoms with Crippen LogP contribution in [0.25, 0.3) is 0 Å². The first kappa shape index (κ1) is 13.9. The minimum Gasteiger partial charge on any atom is -0.328 e. The van der Waals surface area contributed by atoms with Crippen LogP contribution in [0, 0.1) is 0 Å². The summed E-state index contributed by atoms with van der Waals surface area (Å²) in [6, 6.07) is 0.648. The van der Waals surface area contributed by atoms with Gasteiger partial charge in [0.1, 0.15) is 0 Å². The van der Waals surface area contributed by atoms with Gasteiger partial charge in [0.05, 0.1) is 0 Å². The van der Waals surface area contributed by atoms with Crippen LogP contribution in [0.3, 0.4) is 0 Å². The Morgan fingerprint density at radius 3 is 2.00 bits per heavy atom. The van der Waals surface area contributed by atoms with Crippen molar-refractivity contribution in [1.82, 2.24) is 0 Å². The van der Waals surface area contributed by atoms with Crippen LogP contribution in [-0.2, 0) is 0 Å². The molecule has 0 fully saturated rings. The summed E-state index contributed by atoms with van der Waals surface area (Å²) >= 11 is 0. The van der Waals surface area contributed by atoms with Gasteiger partial charge in [-0.2, -0.15) is 0 Å².